The highest BCUT2D eigenvalue weighted by atomic mass is 79.9. The molecule has 0 aliphatic carbocycles. The van der Waals surface area contributed by atoms with Crippen LogP contribution in [0.25, 0.3) is 0 Å². The Kier molecular flexibility index (Phi) is 4.58. The van der Waals surface area contributed by atoms with E-state index >= 15 is 0 Å². The predicted molar refractivity (Wildman–Crippen MR) is 77.9 cm³/mol. The van der Waals surface area contributed by atoms with Gasteiger partial charge >= 0.3 is 0 Å². The maximum atomic E-state index is 14.0. The van der Waals surface area contributed by atoms with Crippen molar-refractivity contribution in [3.8, 4) is 0 Å². The average Bonchev–Trinajstić information content (AvgIpc) is 2.37. The molecule has 4 heteroatoms. The highest BCUT2D eigenvalue weighted by Crippen LogP contribution is 2.33. The minimum Gasteiger partial charge on any atom is -0.207 e. The SMILES string of the molecule is Cc1ccc(F)c(C(Br)Cc2ccccc2Cl)c1F. The molecule has 0 radical (unpaired) electrons. The second kappa shape index (κ2) is 6.02. The molecule has 0 aliphatic heterocycles. The topological polar surface area (TPSA) is 0 Å². The summed E-state index contributed by atoms with van der Waals surface area (Å²) in [6.45, 7) is 1.62. The summed E-state index contributed by atoms with van der Waals surface area (Å²) < 4.78 is 27.8. The first-order valence-electron chi connectivity index (χ1n) is 5.82. The van der Waals surface area contributed by atoms with Crippen molar-refractivity contribution in [1.82, 2.24) is 0 Å². The van der Waals surface area contributed by atoms with Crippen LogP contribution < -0.4 is 0 Å². The molecule has 0 saturated heterocycles. The van der Waals surface area contributed by atoms with Gasteiger partial charge in [-0.2, -0.15) is 0 Å². The highest BCUT2D eigenvalue weighted by Gasteiger charge is 2.20. The second-order valence-corrected chi connectivity index (χ2v) is 5.87. The lowest BCUT2D eigenvalue weighted by Gasteiger charge is -2.14. The molecule has 1 atom stereocenters. The minimum atomic E-state index is -0.544. The Morgan fingerprint density at radius 1 is 1.16 bits per heavy atom. The van der Waals surface area contributed by atoms with Crippen LogP contribution in [0, 0.1) is 18.6 Å². The molecule has 100 valence electrons. The predicted octanol–water partition coefficient (Wildman–Crippen LogP) is 5.61. The lowest BCUT2D eigenvalue weighted by atomic mass is 10.0. The molecule has 0 nitrogen and oxygen atoms in total. The third-order valence-electron chi connectivity index (χ3n) is 2.99. The molecule has 0 spiro atoms. The van der Waals surface area contributed by atoms with Gasteiger partial charge in [-0.05, 0) is 36.6 Å². The van der Waals surface area contributed by atoms with Crippen LogP contribution in [0.3, 0.4) is 0 Å². The summed E-state index contributed by atoms with van der Waals surface area (Å²) in [5.41, 5.74) is 1.34. The molecule has 2 rings (SSSR count). The molecule has 0 amide bonds. The van der Waals surface area contributed by atoms with Crippen LogP contribution in [-0.4, -0.2) is 0 Å². The molecule has 0 fully saturated rings. The van der Waals surface area contributed by atoms with Gasteiger partial charge in [0.05, 0.1) is 0 Å². The first-order chi connectivity index (χ1) is 9.00. The van der Waals surface area contributed by atoms with E-state index in [-0.39, 0.29) is 5.56 Å². The summed E-state index contributed by atoms with van der Waals surface area (Å²) in [5.74, 6) is -1.05. The summed E-state index contributed by atoms with van der Waals surface area (Å²) in [7, 11) is 0. The fourth-order valence-corrected chi connectivity index (χ4v) is 2.91. The van der Waals surface area contributed by atoms with E-state index in [0.29, 0.717) is 17.0 Å². The summed E-state index contributed by atoms with van der Waals surface area (Å²) >= 11 is 9.41. The fourth-order valence-electron chi connectivity index (χ4n) is 1.92. The molecule has 19 heavy (non-hydrogen) atoms. The summed E-state index contributed by atoms with van der Waals surface area (Å²) in [6.07, 6.45) is 0.428. The Balaban J connectivity index is 2.33. The zero-order valence-electron chi connectivity index (χ0n) is 10.3. The maximum Gasteiger partial charge on any atom is 0.133 e. The molecular weight excluding hydrogens is 334 g/mol. The van der Waals surface area contributed by atoms with Gasteiger partial charge in [0.1, 0.15) is 11.6 Å². The van der Waals surface area contributed by atoms with Crippen molar-refractivity contribution in [1.29, 1.82) is 0 Å². The third kappa shape index (κ3) is 3.15. The van der Waals surface area contributed by atoms with E-state index in [1.165, 1.54) is 12.1 Å². The van der Waals surface area contributed by atoms with Crippen molar-refractivity contribution >= 4 is 27.5 Å². The number of hydrogen-bond donors (Lipinski definition) is 0. The first kappa shape index (κ1) is 14.5. The highest BCUT2D eigenvalue weighted by molar-refractivity contribution is 9.09. The largest absolute Gasteiger partial charge is 0.207 e. The fraction of sp³-hybridized carbons (Fsp3) is 0.200. The zero-order valence-corrected chi connectivity index (χ0v) is 12.6. The second-order valence-electron chi connectivity index (χ2n) is 4.36. The zero-order chi connectivity index (χ0) is 14.0. The summed E-state index contributed by atoms with van der Waals surface area (Å²) in [6, 6.07) is 10.0. The van der Waals surface area contributed by atoms with E-state index in [0.717, 1.165) is 5.56 Å². The number of rotatable bonds is 3. The van der Waals surface area contributed by atoms with Crippen molar-refractivity contribution in [2.45, 2.75) is 18.2 Å². The number of aryl methyl sites for hydroxylation is 1. The van der Waals surface area contributed by atoms with Crippen molar-refractivity contribution in [2.75, 3.05) is 0 Å². The van der Waals surface area contributed by atoms with Gasteiger partial charge < -0.3 is 0 Å². The average molecular weight is 346 g/mol. The van der Waals surface area contributed by atoms with Gasteiger partial charge in [0.2, 0.25) is 0 Å². The standard InChI is InChI=1S/C15H12BrClF2/c1-9-6-7-13(18)14(15(9)19)11(16)8-10-4-2-3-5-12(10)17/h2-7,11H,8H2,1H3. The van der Waals surface area contributed by atoms with Crippen LogP contribution in [0.2, 0.25) is 5.02 Å². The maximum absolute atomic E-state index is 14.0. The number of benzene rings is 2. The van der Waals surface area contributed by atoms with Crippen LogP contribution >= 0.6 is 27.5 Å². The van der Waals surface area contributed by atoms with E-state index in [9.17, 15) is 8.78 Å². The summed E-state index contributed by atoms with van der Waals surface area (Å²) in [5, 5.41) is 0.598. The van der Waals surface area contributed by atoms with Gasteiger partial charge in [0, 0.05) is 15.4 Å². The Morgan fingerprint density at radius 2 is 1.84 bits per heavy atom. The van der Waals surface area contributed by atoms with Crippen LogP contribution in [-0.2, 0) is 6.42 Å². The lowest BCUT2D eigenvalue weighted by Crippen LogP contribution is -2.04. The van der Waals surface area contributed by atoms with Gasteiger partial charge in [-0.1, -0.05) is 51.8 Å². The Morgan fingerprint density at radius 3 is 2.53 bits per heavy atom. The van der Waals surface area contributed by atoms with Crippen LogP contribution in [0.15, 0.2) is 36.4 Å². The van der Waals surface area contributed by atoms with Gasteiger partial charge in [-0.15, -0.1) is 0 Å². The number of alkyl halides is 1. The molecule has 0 bridgehead atoms. The monoisotopic (exact) mass is 344 g/mol. The Labute approximate surface area is 124 Å². The molecule has 0 N–H and O–H groups in total. The minimum absolute atomic E-state index is 0.0555. The van der Waals surface area contributed by atoms with Crippen molar-refractivity contribution in [3.63, 3.8) is 0 Å². The van der Waals surface area contributed by atoms with E-state index in [1.807, 2.05) is 18.2 Å². The molecule has 2 aromatic carbocycles. The van der Waals surface area contributed by atoms with E-state index < -0.39 is 16.5 Å². The molecule has 2 aromatic rings. The summed E-state index contributed by atoms with van der Waals surface area (Å²) in [4.78, 5) is -0.452. The molecule has 0 heterocycles. The normalized spacial score (nSPS) is 12.5. The van der Waals surface area contributed by atoms with Crippen molar-refractivity contribution in [3.05, 3.63) is 69.7 Å². The van der Waals surface area contributed by atoms with Crippen LogP contribution in [0.1, 0.15) is 21.5 Å². The first-order valence-corrected chi connectivity index (χ1v) is 7.12. The number of hydrogen-bond acceptors (Lipinski definition) is 0. The van der Waals surface area contributed by atoms with Crippen molar-refractivity contribution in [2.24, 2.45) is 0 Å². The van der Waals surface area contributed by atoms with Gasteiger partial charge in [0.25, 0.3) is 0 Å². The van der Waals surface area contributed by atoms with Crippen LogP contribution in [0.5, 0.6) is 0 Å². The van der Waals surface area contributed by atoms with E-state index in [2.05, 4.69) is 15.9 Å². The van der Waals surface area contributed by atoms with Gasteiger partial charge in [0.15, 0.2) is 0 Å². The van der Waals surface area contributed by atoms with E-state index in [4.69, 9.17) is 11.6 Å². The molecular formula is C15H12BrClF2. The quantitative estimate of drug-likeness (QED) is 0.635. The van der Waals surface area contributed by atoms with Crippen LogP contribution in [0.4, 0.5) is 8.78 Å². The van der Waals surface area contributed by atoms with Gasteiger partial charge in [-0.25, -0.2) is 8.78 Å². The lowest BCUT2D eigenvalue weighted by molar-refractivity contribution is 0.548. The smallest absolute Gasteiger partial charge is 0.133 e. The van der Waals surface area contributed by atoms with Gasteiger partial charge in [-0.3, -0.25) is 0 Å². The Bertz CT molecular complexity index is 599. The molecule has 0 aromatic heterocycles. The Hall–Kier alpha value is -0.930. The number of halogens is 4. The molecule has 0 aliphatic rings. The van der Waals surface area contributed by atoms with Crippen molar-refractivity contribution < 1.29 is 8.78 Å². The van der Waals surface area contributed by atoms with E-state index in [1.54, 1.807) is 13.0 Å². The molecule has 0 saturated carbocycles. The molecule has 1 unspecified atom stereocenters. The third-order valence-corrected chi connectivity index (χ3v) is 4.14.